The molecular weight excluding hydrogens is 372 g/mol. The van der Waals surface area contributed by atoms with E-state index in [-0.39, 0.29) is 11.9 Å². The van der Waals surface area contributed by atoms with Crippen molar-refractivity contribution >= 4 is 50.5 Å². The highest BCUT2D eigenvalue weighted by molar-refractivity contribution is 9.10. The molecule has 0 bridgehead atoms. The van der Waals surface area contributed by atoms with Crippen molar-refractivity contribution in [3.63, 3.8) is 0 Å². The smallest absolute Gasteiger partial charge is 0.221 e. The molecule has 2 aromatic rings. The van der Waals surface area contributed by atoms with Crippen molar-refractivity contribution in [2.75, 3.05) is 5.32 Å². The van der Waals surface area contributed by atoms with E-state index in [1.165, 1.54) is 11.8 Å². The number of hydrogen-bond donors (Lipinski definition) is 2. The van der Waals surface area contributed by atoms with Crippen molar-refractivity contribution in [1.29, 1.82) is 0 Å². The minimum absolute atomic E-state index is 0.0640. The van der Waals surface area contributed by atoms with Crippen LogP contribution in [0.2, 0.25) is 4.34 Å². The predicted molar refractivity (Wildman–Crippen MR) is 93.0 cm³/mol. The molecule has 0 saturated carbocycles. The Hall–Kier alpha value is -0.880. The summed E-state index contributed by atoms with van der Waals surface area (Å²) < 4.78 is 1.71. The van der Waals surface area contributed by atoms with Gasteiger partial charge in [0, 0.05) is 34.5 Å². The molecule has 0 spiro atoms. The Labute approximate surface area is 141 Å². The van der Waals surface area contributed by atoms with Crippen LogP contribution in [0.3, 0.4) is 0 Å². The van der Waals surface area contributed by atoms with E-state index in [1.807, 2.05) is 30.3 Å². The lowest BCUT2D eigenvalue weighted by Crippen LogP contribution is -2.17. The lowest BCUT2D eigenvalue weighted by atomic mass is 10.1. The Balaban J connectivity index is 1.99. The molecule has 1 heterocycles. The van der Waals surface area contributed by atoms with E-state index in [0.717, 1.165) is 26.6 Å². The summed E-state index contributed by atoms with van der Waals surface area (Å²) in [6, 6.07) is 10.1. The molecule has 1 unspecified atom stereocenters. The number of amides is 1. The highest BCUT2D eigenvalue weighted by Crippen LogP contribution is 2.32. The second kappa shape index (κ2) is 7.40. The van der Waals surface area contributed by atoms with Crippen LogP contribution in [0, 0.1) is 0 Å². The largest absolute Gasteiger partial charge is 0.326 e. The Morgan fingerprint density at radius 1 is 1.43 bits per heavy atom. The maximum absolute atomic E-state index is 11.1. The summed E-state index contributed by atoms with van der Waals surface area (Å²) >= 11 is 11.0. The molecule has 1 atom stereocenters. The van der Waals surface area contributed by atoms with Gasteiger partial charge in [-0.15, -0.1) is 11.3 Å². The van der Waals surface area contributed by atoms with Crippen molar-refractivity contribution in [2.24, 2.45) is 0 Å². The third-order valence-corrected chi connectivity index (χ3v) is 5.46. The zero-order valence-corrected chi connectivity index (χ0v) is 14.9. The second-order valence-corrected chi connectivity index (χ2v) is 7.34. The van der Waals surface area contributed by atoms with Gasteiger partial charge in [0.25, 0.3) is 0 Å². The fourth-order valence-electron chi connectivity index (χ4n) is 1.94. The van der Waals surface area contributed by atoms with Gasteiger partial charge >= 0.3 is 0 Å². The topological polar surface area (TPSA) is 41.1 Å². The Morgan fingerprint density at radius 2 is 2.19 bits per heavy atom. The average Bonchev–Trinajstić information content (AvgIpc) is 2.75. The van der Waals surface area contributed by atoms with E-state index in [9.17, 15) is 4.79 Å². The highest BCUT2D eigenvalue weighted by Gasteiger charge is 2.09. The third-order valence-electron chi connectivity index (χ3n) is 2.99. The van der Waals surface area contributed by atoms with Gasteiger partial charge in [-0.05, 0) is 46.6 Å². The van der Waals surface area contributed by atoms with Crippen molar-refractivity contribution < 1.29 is 4.79 Å². The lowest BCUT2D eigenvalue weighted by Gasteiger charge is -2.15. The van der Waals surface area contributed by atoms with E-state index >= 15 is 0 Å². The minimum Gasteiger partial charge on any atom is -0.326 e. The Morgan fingerprint density at radius 3 is 2.81 bits per heavy atom. The number of nitrogens with one attached hydrogen (secondary N) is 2. The molecule has 0 aliphatic rings. The molecule has 1 amide bonds. The summed E-state index contributed by atoms with van der Waals surface area (Å²) in [5.41, 5.74) is 1.94. The van der Waals surface area contributed by atoms with Crippen LogP contribution < -0.4 is 10.6 Å². The van der Waals surface area contributed by atoms with Crippen molar-refractivity contribution in [2.45, 2.75) is 26.4 Å². The number of hydrogen-bond acceptors (Lipinski definition) is 3. The summed E-state index contributed by atoms with van der Waals surface area (Å²) in [7, 11) is 0. The molecular formula is C15H16BrClN2OS. The number of carbonyl (C=O) groups excluding carboxylic acids is 1. The number of carbonyl (C=O) groups is 1. The summed E-state index contributed by atoms with van der Waals surface area (Å²) in [6.45, 7) is 4.35. The molecule has 0 radical (unpaired) electrons. The van der Waals surface area contributed by atoms with E-state index in [2.05, 4.69) is 33.5 Å². The van der Waals surface area contributed by atoms with Crippen LogP contribution in [-0.4, -0.2) is 5.91 Å². The van der Waals surface area contributed by atoms with E-state index in [4.69, 9.17) is 11.6 Å². The maximum atomic E-state index is 11.1. The zero-order chi connectivity index (χ0) is 15.4. The maximum Gasteiger partial charge on any atom is 0.221 e. The molecule has 0 aliphatic heterocycles. The van der Waals surface area contributed by atoms with Gasteiger partial charge in [-0.25, -0.2) is 0 Å². The van der Waals surface area contributed by atoms with Crippen LogP contribution in [0.4, 0.5) is 5.69 Å². The molecule has 3 nitrogen and oxygen atoms in total. The first-order valence-electron chi connectivity index (χ1n) is 6.50. The van der Waals surface area contributed by atoms with Gasteiger partial charge in [-0.3, -0.25) is 4.79 Å². The first-order valence-corrected chi connectivity index (χ1v) is 8.49. The van der Waals surface area contributed by atoms with Gasteiger partial charge in [0.2, 0.25) is 5.91 Å². The molecule has 2 N–H and O–H groups in total. The quantitative estimate of drug-likeness (QED) is 0.760. The Bertz CT molecular complexity index is 625. The molecule has 21 heavy (non-hydrogen) atoms. The molecule has 6 heteroatoms. The monoisotopic (exact) mass is 386 g/mol. The number of benzene rings is 1. The van der Waals surface area contributed by atoms with Crippen LogP contribution in [-0.2, 0) is 11.3 Å². The van der Waals surface area contributed by atoms with Crippen LogP contribution >= 0.6 is 38.9 Å². The van der Waals surface area contributed by atoms with E-state index < -0.39 is 0 Å². The molecule has 0 saturated heterocycles. The summed E-state index contributed by atoms with van der Waals surface area (Å²) in [4.78, 5) is 12.3. The third kappa shape index (κ3) is 4.81. The van der Waals surface area contributed by atoms with Gasteiger partial charge in [-0.1, -0.05) is 23.7 Å². The van der Waals surface area contributed by atoms with Gasteiger partial charge in [0.05, 0.1) is 0 Å². The zero-order valence-electron chi connectivity index (χ0n) is 11.7. The van der Waals surface area contributed by atoms with Crippen molar-refractivity contribution in [3.8, 4) is 0 Å². The average molecular weight is 388 g/mol. The first kappa shape index (κ1) is 16.5. The van der Waals surface area contributed by atoms with Gasteiger partial charge in [0.1, 0.15) is 4.34 Å². The number of halogens is 2. The van der Waals surface area contributed by atoms with Crippen LogP contribution in [0.1, 0.15) is 30.3 Å². The van der Waals surface area contributed by atoms with Crippen molar-refractivity contribution in [3.05, 3.63) is 49.6 Å². The molecule has 0 aliphatic carbocycles. The van der Waals surface area contributed by atoms with Crippen molar-refractivity contribution in [1.82, 2.24) is 5.32 Å². The fraction of sp³-hybridized carbons (Fsp3) is 0.267. The number of anilines is 1. The van der Waals surface area contributed by atoms with Gasteiger partial charge in [0.15, 0.2) is 0 Å². The van der Waals surface area contributed by atoms with Crippen LogP contribution in [0.25, 0.3) is 0 Å². The summed E-state index contributed by atoms with van der Waals surface area (Å²) in [5.74, 6) is -0.0640. The van der Waals surface area contributed by atoms with Crippen LogP contribution in [0.5, 0.6) is 0 Å². The molecule has 1 aromatic carbocycles. The van der Waals surface area contributed by atoms with Gasteiger partial charge < -0.3 is 10.6 Å². The summed E-state index contributed by atoms with van der Waals surface area (Å²) in [6.07, 6.45) is 0. The highest BCUT2D eigenvalue weighted by atomic mass is 79.9. The molecule has 0 fully saturated rings. The lowest BCUT2D eigenvalue weighted by molar-refractivity contribution is -0.114. The number of thiophene rings is 1. The molecule has 2 rings (SSSR count). The second-order valence-electron chi connectivity index (χ2n) is 4.74. The van der Waals surface area contributed by atoms with E-state index in [0.29, 0.717) is 0 Å². The van der Waals surface area contributed by atoms with Gasteiger partial charge in [-0.2, -0.15) is 0 Å². The molecule has 1 aromatic heterocycles. The predicted octanol–water partition coefficient (Wildman–Crippen LogP) is 4.97. The fourth-order valence-corrected chi connectivity index (χ4v) is 3.68. The number of rotatable bonds is 5. The Kier molecular flexibility index (Phi) is 5.81. The SMILES string of the molecule is CC(=O)Nc1cccc(C(C)NCc2cc(Br)c(Cl)s2)c1. The standard InChI is InChI=1S/C15H16BrClN2OS/c1-9(18-8-13-7-14(16)15(17)21-13)11-4-3-5-12(6-11)19-10(2)20/h3-7,9,18H,8H2,1-2H3,(H,19,20). The van der Waals surface area contributed by atoms with Crippen LogP contribution in [0.15, 0.2) is 34.8 Å². The normalized spacial score (nSPS) is 12.2. The van der Waals surface area contributed by atoms with E-state index in [1.54, 1.807) is 11.3 Å². The molecule has 112 valence electrons. The minimum atomic E-state index is -0.0640. The first-order chi connectivity index (χ1) is 9.95. The summed E-state index contributed by atoms with van der Waals surface area (Å²) in [5, 5.41) is 6.25.